The van der Waals surface area contributed by atoms with Crippen molar-refractivity contribution in [3.05, 3.63) is 29.8 Å². The molecule has 1 saturated heterocycles. The standard InChI is InChI=1S/C16H21N3O5/c1-10(2)17-15(23)18-12-5-3-11(4-6-12)13(20)19-16(14(21)22)7-8-24-9-16/h3-6,10H,7-9H2,1-2H3,(H,19,20)(H,21,22)(H2,17,18,23). The van der Waals surface area contributed by atoms with E-state index in [1.807, 2.05) is 13.8 Å². The van der Waals surface area contributed by atoms with Crippen molar-refractivity contribution in [2.45, 2.75) is 31.8 Å². The van der Waals surface area contributed by atoms with E-state index in [0.29, 0.717) is 17.9 Å². The number of urea groups is 1. The molecule has 1 atom stereocenters. The summed E-state index contributed by atoms with van der Waals surface area (Å²) in [7, 11) is 0. The predicted octanol–water partition coefficient (Wildman–Crippen LogP) is 1.19. The summed E-state index contributed by atoms with van der Waals surface area (Å²) in [5.41, 5.74) is -0.551. The lowest BCUT2D eigenvalue weighted by Gasteiger charge is -2.23. The zero-order valence-corrected chi connectivity index (χ0v) is 13.6. The van der Waals surface area contributed by atoms with E-state index in [9.17, 15) is 19.5 Å². The van der Waals surface area contributed by atoms with E-state index < -0.39 is 17.4 Å². The molecular weight excluding hydrogens is 314 g/mol. The summed E-state index contributed by atoms with van der Waals surface area (Å²) in [6.45, 7) is 3.93. The number of rotatable bonds is 5. The molecule has 0 aliphatic carbocycles. The quantitative estimate of drug-likeness (QED) is 0.645. The Morgan fingerprint density at radius 3 is 2.38 bits per heavy atom. The fourth-order valence-corrected chi connectivity index (χ4v) is 2.31. The molecule has 1 unspecified atom stereocenters. The zero-order chi connectivity index (χ0) is 17.7. The van der Waals surface area contributed by atoms with Crippen molar-refractivity contribution < 1.29 is 24.2 Å². The SMILES string of the molecule is CC(C)NC(=O)Nc1ccc(C(=O)NC2(C(=O)O)CCOC2)cc1. The fraction of sp³-hybridized carbons (Fsp3) is 0.438. The minimum atomic E-state index is -1.38. The van der Waals surface area contributed by atoms with Crippen molar-refractivity contribution in [3.8, 4) is 0 Å². The summed E-state index contributed by atoms with van der Waals surface area (Å²) in [5.74, 6) is -1.61. The van der Waals surface area contributed by atoms with E-state index >= 15 is 0 Å². The van der Waals surface area contributed by atoms with Crippen LogP contribution in [0.25, 0.3) is 0 Å². The first-order chi connectivity index (χ1) is 11.3. The monoisotopic (exact) mass is 335 g/mol. The van der Waals surface area contributed by atoms with Gasteiger partial charge >= 0.3 is 12.0 Å². The number of nitrogens with one attached hydrogen (secondary N) is 3. The van der Waals surface area contributed by atoms with Gasteiger partial charge in [0.05, 0.1) is 6.61 Å². The molecule has 0 spiro atoms. The lowest BCUT2D eigenvalue weighted by molar-refractivity contribution is -0.144. The normalized spacial score (nSPS) is 19.8. The average Bonchev–Trinajstić information content (AvgIpc) is 2.97. The number of carboxylic acids is 1. The summed E-state index contributed by atoms with van der Waals surface area (Å²) in [6, 6.07) is 5.86. The van der Waals surface area contributed by atoms with Crippen LogP contribution in [0.5, 0.6) is 0 Å². The number of aliphatic carboxylic acids is 1. The third-order valence-electron chi connectivity index (χ3n) is 3.61. The molecule has 0 saturated carbocycles. The maximum Gasteiger partial charge on any atom is 0.331 e. The van der Waals surface area contributed by atoms with Gasteiger partial charge in [-0.2, -0.15) is 0 Å². The van der Waals surface area contributed by atoms with Gasteiger partial charge < -0.3 is 25.8 Å². The third-order valence-corrected chi connectivity index (χ3v) is 3.61. The first-order valence-electron chi connectivity index (χ1n) is 7.64. The largest absolute Gasteiger partial charge is 0.479 e. The summed E-state index contributed by atoms with van der Waals surface area (Å²) in [5, 5.41) is 17.2. The molecule has 130 valence electrons. The van der Waals surface area contributed by atoms with Crippen molar-refractivity contribution in [2.75, 3.05) is 18.5 Å². The molecule has 1 aromatic rings. The second kappa shape index (κ2) is 7.31. The fourth-order valence-electron chi connectivity index (χ4n) is 2.31. The molecule has 1 aromatic carbocycles. The number of ether oxygens (including phenoxy) is 1. The van der Waals surface area contributed by atoms with Gasteiger partial charge in [0, 0.05) is 30.3 Å². The zero-order valence-electron chi connectivity index (χ0n) is 13.6. The second-order valence-electron chi connectivity index (χ2n) is 5.97. The van der Waals surface area contributed by atoms with Gasteiger partial charge in [0.15, 0.2) is 5.54 Å². The van der Waals surface area contributed by atoms with E-state index in [1.54, 1.807) is 12.1 Å². The van der Waals surface area contributed by atoms with E-state index in [2.05, 4.69) is 16.0 Å². The van der Waals surface area contributed by atoms with E-state index in [1.165, 1.54) is 12.1 Å². The maximum absolute atomic E-state index is 12.3. The molecule has 0 aromatic heterocycles. The van der Waals surface area contributed by atoms with E-state index in [4.69, 9.17) is 4.74 Å². The van der Waals surface area contributed by atoms with Crippen molar-refractivity contribution in [1.29, 1.82) is 0 Å². The molecule has 0 bridgehead atoms. The van der Waals surface area contributed by atoms with Crippen molar-refractivity contribution >= 4 is 23.6 Å². The minimum absolute atomic E-state index is 0.0101. The van der Waals surface area contributed by atoms with Crippen LogP contribution < -0.4 is 16.0 Å². The molecular formula is C16H21N3O5. The number of hydrogen-bond acceptors (Lipinski definition) is 4. The second-order valence-corrected chi connectivity index (χ2v) is 5.97. The van der Waals surface area contributed by atoms with Crippen LogP contribution in [0.15, 0.2) is 24.3 Å². The van der Waals surface area contributed by atoms with Crippen molar-refractivity contribution in [2.24, 2.45) is 0 Å². The Morgan fingerprint density at radius 2 is 1.88 bits per heavy atom. The van der Waals surface area contributed by atoms with Crippen LogP contribution in [0.1, 0.15) is 30.6 Å². The first-order valence-corrected chi connectivity index (χ1v) is 7.64. The summed E-state index contributed by atoms with van der Waals surface area (Å²) < 4.78 is 5.10. The number of amides is 3. The predicted molar refractivity (Wildman–Crippen MR) is 87.0 cm³/mol. The molecule has 4 N–H and O–H groups in total. The summed E-state index contributed by atoms with van der Waals surface area (Å²) >= 11 is 0. The molecule has 24 heavy (non-hydrogen) atoms. The highest BCUT2D eigenvalue weighted by atomic mass is 16.5. The molecule has 8 nitrogen and oxygen atoms in total. The lowest BCUT2D eigenvalue weighted by atomic mass is 9.98. The third kappa shape index (κ3) is 4.23. The lowest BCUT2D eigenvalue weighted by Crippen LogP contribution is -2.55. The summed E-state index contributed by atoms with van der Waals surface area (Å²) in [6.07, 6.45) is 0.225. The Balaban J connectivity index is 2.01. The smallest absolute Gasteiger partial charge is 0.331 e. The topological polar surface area (TPSA) is 117 Å². The minimum Gasteiger partial charge on any atom is -0.479 e. The number of carbonyl (C=O) groups excluding carboxylic acids is 2. The molecule has 1 aliphatic rings. The average molecular weight is 335 g/mol. The Hall–Kier alpha value is -2.61. The maximum atomic E-state index is 12.3. The van der Waals surface area contributed by atoms with Crippen LogP contribution >= 0.6 is 0 Å². The van der Waals surface area contributed by atoms with Crippen molar-refractivity contribution in [3.63, 3.8) is 0 Å². The number of carboxylic acid groups (broad SMARTS) is 1. The van der Waals surface area contributed by atoms with Crippen molar-refractivity contribution in [1.82, 2.24) is 10.6 Å². The van der Waals surface area contributed by atoms with Crippen LogP contribution in [0, 0.1) is 0 Å². The van der Waals surface area contributed by atoms with Crippen LogP contribution in [0.3, 0.4) is 0 Å². The molecule has 1 heterocycles. The van der Waals surface area contributed by atoms with Crippen LogP contribution in [0.2, 0.25) is 0 Å². The van der Waals surface area contributed by atoms with Gasteiger partial charge in [-0.1, -0.05) is 0 Å². The summed E-state index contributed by atoms with van der Waals surface area (Å²) in [4.78, 5) is 35.3. The Labute approximate surface area is 139 Å². The van der Waals surface area contributed by atoms with Gasteiger partial charge in [-0.15, -0.1) is 0 Å². The van der Waals surface area contributed by atoms with Gasteiger partial charge in [-0.3, -0.25) is 4.79 Å². The van der Waals surface area contributed by atoms with Gasteiger partial charge in [-0.25, -0.2) is 9.59 Å². The molecule has 2 rings (SSSR count). The highest BCUT2D eigenvalue weighted by Crippen LogP contribution is 2.20. The van der Waals surface area contributed by atoms with Crippen LogP contribution in [-0.2, 0) is 9.53 Å². The van der Waals surface area contributed by atoms with Gasteiger partial charge in [0.1, 0.15) is 0 Å². The van der Waals surface area contributed by atoms with E-state index in [-0.39, 0.29) is 25.1 Å². The molecule has 3 amide bonds. The highest BCUT2D eigenvalue weighted by molar-refractivity contribution is 5.98. The van der Waals surface area contributed by atoms with E-state index in [0.717, 1.165) is 0 Å². The number of hydrogen-bond donors (Lipinski definition) is 4. The van der Waals surface area contributed by atoms with Gasteiger partial charge in [-0.05, 0) is 38.1 Å². The Kier molecular flexibility index (Phi) is 5.40. The first kappa shape index (κ1) is 17.7. The van der Waals surface area contributed by atoms with Gasteiger partial charge in [0.2, 0.25) is 0 Å². The number of anilines is 1. The molecule has 0 radical (unpaired) electrons. The Bertz CT molecular complexity index is 621. The molecule has 1 aliphatic heterocycles. The van der Waals surface area contributed by atoms with Crippen LogP contribution in [-0.4, -0.2) is 47.8 Å². The number of benzene rings is 1. The molecule has 8 heteroatoms. The highest BCUT2D eigenvalue weighted by Gasteiger charge is 2.44. The number of carbonyl (C=O) groups is 3. The Morgan fingerprint density at radius 1 is 1.21 bits per heavy atom. The molecule has 1 fully saturated rings. The van der Waals surface area contributed by atoms with Gasteiger partial charge in [0.25, 0.3) is 5.91 Å². The van der Waals surface area contributed by atoms with Crippen LogP contribution in [0.4, 0.5) is 10.5 Å².